The number of carbonyl (C=O) groups excluding carboxylic acids is 1. The highest BCUT2D eigenvalue weighted by Gasteiger charge is 2.05. The van der Waals surface area contributed by atoms with Crippen LogP contribution in [-0.4, -0.2) is 14.7 Å². The molecule has 2 aromatic rings. The highest BCUT2D eigenvalue weighted by atomic mass is 32.1. The van der Waals surface area contributed by atoms with Crippen molar-refractivity contribution in [1.82, 2.24) is 8.75 Å². The molecule has 0 saturated heterocycles. The Kier molecular flexibility index (Phi) is 2.17. The van der Waals surface area contributed by atoms with E-state index in [2.05, 4.69) is 14.1 Å². The lowest BCUT2D eigenvalue weighted by atomic mass is 10.2. The van der Waals surface area contributed by atoms with Gasteiger partial charge in [-0.3, -0.25) is 4.79 Å². The summed E-state index contributed by atoms with van der Waals surface area (Å²) in [6, 6.07) is 3.72. The molecule has 0 aliphatic rings. The Labute approximate surface area is 85.3 Å². The summed E-state index contributed by atoms with van der Waals surface area (Å²) < 4.78 is 8.28. The van der Waals surface area contributed by atoms with E-state index in [4.69, 9.17) is 0 Å². The van der Waals surface area contributed by atoms with Crippen LogP contribution in [0.25, 0.3) is 11.0 Å². The Hall–Kier alpha value is -1.49. The molecule has 72 valence electrons. The number of nitrogens with zero attached hydrogens (tertiary/aromatic N) is 2. The van der Waals surface area contributed by atoms with Crippen molar-refractivity contribution < 1.29 is 4.79 Å². The first-order valence-corrected chi connectivity index (χ1v) is 4.90. The molecule has 1 amide bonds. The lowest BCUT2D eigenvalue weighted by Gasteiger charge is -2.02. The van der Waals surface area contributed by atoms with Gasteiger partial charge in [0.05, 0.1) is 11.7 Å². The molecule has 5 heteroatoms. The Balaban J connectivity index is 2.53. The number of aryl methyl sites for hydroxylation is 1. The smallest absolute Gasteiger partial charge is 0.221 e. The minimum atomic E-state index is -0.0769. The fourth-order valence-corrected chi connectivity index (χ4v) is 1.92. The van der Waals surface area contributed by atoms with Gasteiger partial charge in [-0.25, -0.2) is 0 Å². The predicted molar refractivity (Wildman–Crippen MR) is 56.5 cm³/mol. The Morgan fingerprint density at radius 2 is 2.21 bits per heavy atom. The molecule has 0 spiro atoms. The van der Waals surface area contributed by atoms with Crippen LogP contribution >= 0.6 is 11.7 Å². The zero-order chi connectivity index (χ0) is 10.1. The molecule has 1 aromatic heterocycles. The highest BCUT2D eigenvalue weighted by Crippen LogP contribution is 2.21. The number of hydrogen-bond donors (Lipinski definition) is 1. The molecule has 0 bridgehead atoms. The third-order valence-corrected chi connectivity index (χ3v) is 2.41. The molecule has 0 aliphatic carbocycles. The molecule has 0 fully saturated rings. The minimum Gasteiger partial charge on any atom is -0.326 e. The molecule has 0 atom stereocenters. The van der Waals surface area contributed by atoms with Crippen LogP contribution in [0.4, 0.5) is 5.69 Å². The first kappa shape index (κ1) is 9.08. The van der Waals surface area contributed by atoms with E-state index in [9.17, 15) is 4.79 Å². The van der Waals surface area contributed by atoms with Crippen LogP contribution < -0.4 is 5.32 Å². The summed E-state index contributed by atoms with van der Waals surface area (Å²) >= 11 is 1.18. The quantitative estimate of drug-likeness (QED) is 0.777. The predicted octanol–water partition coefficient (Wildman–Crippen LogP) is 1.96. The molecule has 1 N–H and O–H groups in total. The van der Waals surface area contributed by atoms with E-state index >= 15 is 0 Å². The summed E-state index contributed by atoms with van der Waals surface area (Å²) in [5.74, 6) is -0.0769. The largest absolute Gasteiger partial charge is 0.326 e. The first-order chi connectivity index (χ1) is 6.66. The summed E-state index contributed by atoms with van der Waals surface area (Å²) in [6.45, 7) is 3.44. The Morgan fingerprint density at radius 3 is 2.93 bits per heavy atom. The zero-order valence-corrected chi connectivity index (χ0v) is 8.68. The van der Waals surface area contributed by atoms with Crippen molar-refractivity contribution in [3.05, 3.63) is 17.7 Å². The number of rotatable bonds is 1. The fourth-order valence-electron chi connectivity index (χ4n) is 1.33. The van der Waals surface area contributed by atoms with Gasteiger partial charge in [0.1, 0.15) is 11.0 Å². The maximum atomic E-state index is 10.9. The first-order valence-electron chi connectivity index (χ1n) is 4.17. The molecule has 14 heavy (non-hydrogen) atoms. The van der Waals surface area contributed by atoms with Crippen LogP contribution in [0.1, 0.15) is 12.5 Å². The van der Waals surface area contributed by atoms with Crippen LogP contribution in [0.2, 0.25) is 0 Å². The van der Waals surface area contributed by atoms with Crippen molar-refractivity contribution in [3.8, 4) is 0 Å². The van der Waals surface area contributed by atoms with Crippen molar-refractivity contribution in [3.63, 3.8) is 0 Å². The standard InChI is InChI=1S/C9H9N3OS/c1-5-3-7(10-6(2)13)4-8-9(5)12-14-11-8/h3-4H,1-2H3,(H,10,13). The molecule has 0 unspecified atom stereocenters. The van der Waals surface area contributed by atoms with Gasteiger partial charge >= 0.3 is 0 Å². The van der Waals surface area contributed by atoms with Gasteiger partial charge in [-0.1, -0.05) is 0 Å². The van der Waals surface area contributed by atoms with Crippen molar-refractivity contribution in [2.24, 2.45) is 0 Å². The van der Waals surface area contributed by atoms with Crippen LogP contribution in [0.3, 0.4) is 0 Å². The average molecular weight is 207 g/mol. The van der Waals surface area contributed by atoms with Crippen LogP contribution in [0, 0.1) is 6.92 Å². The number of carbonyl (C=O) groups is 1. The van der Waals surface area contributed by atoms with Crippen molar-refractivity contribution >= 4 is 34.4 Å². The number of aromatic nitrogens is 2. The molecule has 0 saturated carbocycles. The van der Waals surface area contributed by atoms with Gasteiger partial charge in [-0.05, 0) is 24.6 Å². The number of anilines is 1. The molecular weight excluding hydrogens is 198 g/mol. The van der Waals surface area contributed by atoms with E-state index in [-0.39, 0.29) is 5.91 Å². The highest BCUT2D eigenvalue weighted by molar-refractivity contribution is 7.00. The van der Waals surface area contributed by atoms with Gasteiger partial charge < -0.3 is 5.32 Å². The summed E-state index contributed by atoms with van der Waals surface area (Å²) in [6.07, 6.45) is 0. The summed E-state index contributed by atoms with van der Waals surface area (Å²) in [5, 5.41) is 2.73. The molecule has 0 aliphatic heterocycles. The van der Waals surface area contributed by atoms with E-state index in [1.54, 1.807) is 0 Å². The summed E-state index contributed by atoms with van der Waals surface area (Å²) in [5.41, 5.74) is 3.54. The molecule has 2 rings (SSSR count). The molecule has 1 aromatic carbocycles. The van der Waals surface area contributed by atoms with E-state index in [1.807, 2.05) is 19.1 Å². The number of nitrogens with one attached hydrogen (secondary N) is 1. The van der Waals surface area contributed by atoms with Gasteiger partial charge in [-0.2, -0.15) is 8.75 Å². The van der Waals surface area contributed by atoms with Crippen LogP contribution in [0.15, 0.2) is 12.1 Å². The van der Waals surface area contributed by atoms with Crippen LogP contribution in [0.5, 0.6) is 0 Å². The van der Waals surface area contributed by atoms with Gasteiger partial charge in [0.25, 0.3) is 0 Å². The normalized spacial score (nSPS) is 10.4. The second-order valence-electron chi connectivity index (χ2n) is 3.11. The third kappa shape index (κ3) is 1.58. The molecular formula is C9H9N3OS. The Morgan fingerprint density at radius 1 is 1.43 bits per heavy atom. The lowest BCUT2D eigenvalue weighted by molar-refractivity contribution is -0.114. The Bertz CT molecular complexity index is 492. The number of amides is 1. The maximum Gasteiger partial charge on any atom is 0.221 e. The van der Waals surface area contributed by atoms with Crippen LogP contribution in [-0.2, 0) is 4.79 Å². The van der Waals surface area contributed by atoms with Gasteiger partial charge in [-0.15, -0.1) is 0 Å². The van der Waals surface area contributed by atoms with E-state index < -0.39 is 0 Å². The fraction of sp³-hybridized carbons (Fsp3) is 0.222. The van der Waals surface area contributed by atoms with Gasteiger partial charge in [0.2, 0.25) is 5.91 Å². The zero-order valence-electron chi connectivity index (χ0n) is 7.87. The van der Waals surface area contributed by atoms with E-state index in [1.165, 1.54) is 18.7 Å². The molecule has 1 heterocycles. The maximum absolute atomic E-state index is 10.9. The van der Waals surface area contributed by atoms with Crippen molar-refractivity contribution in [2.45, 2.75) is 13.8 Å². The SMILES string of the molecule is CC(=O)Nc1cc(C)c2nsnc2c1. The molecule has 4 nitrogen and oxygen atoms in total. The third-order valence-electron chi connectivity index (χ3n) is 1.87. The number of fused-ring (bicyclic) bond motifs is 1. The van der Waals surface area contributed by atoms with Gasteiger partial charge in [0.15, 0.2) is 0 Å². The lowest BCUT2D eigenvalue weighted by Crippen LogP contribution is -2.05. The average Bonchev–Trinajstić information content (AvgIpc) is 2.50. The monoisotopic (exact) mass is 207 g/mol. The summed E-state index contributed by atoms with van der Waals surface area (Å²) in [7, 11) is 0. The van der Waals surface area contributed by atoms with E-state index in [0.717, 1.165) is 22.3 Å². The van der Waals surface area contributed by atoms with Crippen molar-refractivity contribution in [2.75, 3.05) is 5.32 Å². The minimum absolute atomic E-state index is 0.0769. The number of benzene rings is 1. The number of hydrogen-bond acceptors (Lipinski definition) is 4. The van der Waals surface area contributed by atoms with Gasteiger partial charge in [0, 0.05) is 12.6 Å². The van der Waals surface area contributed by atoms with E-state index in [0.29, 0.717) is 0 Å². The second kappa shape index (κ2) is 3.34. The second-order valence-corrected chi connectivity index (χ2v) is 3.63. The topological polar surface area (TPSA) is 54.9 Å². The summed E-state index contributed by atoms with van der Waals surface area (Å²) in [4.78, 5) is 10.9. The molecule has 0 radical (unpaired) electrons. The van der Waals surface area contributed by atoms with Crippen molar-refractivity contribution in [1.29, 1.82) is 0 Å².